The van der Waals surface area contributed by atoms with Crippen LogP contribution in [0.25, 0.3) is 0 Å². The number of sulfone groups is 1. The molecule has 0 spiro atoms. The third kappa shape index (κ3) is 5.81. The van der Waals surface area contributed by atoms with Gasteiger partial charge in [-0.05, 0) is 18.1 Å². The highest BCUT2D eigenvalue weighted by Crippen LogP contribution is 2.10. The van der Waals surface area contributed by atoms with Crippen LogP contribution >= 0.6 is 0 Å². The predicted molar refractivity (Wildman–Crippen MR) is 96.2 cm³/mol. The van der Waals surface area contributed by atoms with E-state index in [9.17, 15) is 13.2 Å². The van der Waals surface area contributed by atoms with E-state index in [-0.39, 0.29) is 23.8 Å². The molecule has 0 saturated heterocycles. The van der Waals surface area contributed by atoms with Crippen LogP contribution in [0.5, 0.6) is 0 Å². The second-order valence-electron chi connectivity index (χ2n) is 6.06. The van der Waals surface area contributed by atoms with Crippen molar-refractivity contribution in [3.63, 3.8) is 0 Å². The molecule has 0 N–H and O–H groups in total. The predicted octanol–water partition coefficient (Wildman–Crippen LogP) is 2.96. The fourth-order valence-corrected chi connectivity index (χ4v) is 3.72. The number of rotatable bonds is 7. The van der Waals surface area contributed by atoms with Gasteiger partial charge in [-0.1, -0.05) is 60.2 Å². The number of nitrogens with zero attached hydrogens (tertiary/aromatic N) is 1. The monoisotopic (exact) mass is 345 g/mol. The second-order valence-corrected chi connectivity index (χ2v) is 8.25. The molecule has 0 saturated carbocycles. The molecule has 2 aromatic rings. The van der Waals surface area contributed by atoms with Crippen molar-refractivity contribution in [3.8, 4) is 0 Å². The second kappa shape index (κ2) is 8.11. The number of carbonyl (C=O) groups excluding carboxylic acids is 1. The summed E-state index contributed by atoms with van der Waals surface area (Å²) in [5.74, 6) is -0.312. The first-order valence-electron chi connectivity index (χ1n) is 7.89. The molecule has 0 heterocycles. The lowest BCUT2D eigenvalue weighted by Crippen LogP contribution is -2.28. The molecule has 24 heavy (non-hydrogen) atoms. The van der Waals surface area contributed by atoms with Crippen molar-refractivity contribution in [2.75, 3.05) is 12.8 Å². The van der Waals surface area contributed by atoms with Crippen molar-refractivity contribution in [2.24, 2.45) is 0 Å². The number of aryl methyl sites for hydroxylation is 1. The van der Waals surface area contributed by atoms with Crippen LogP contribution in [-0.2, 0) is 26.9 Å². The van der Waals surface area contributed by atoms with Gasteiger partial charge in [0.1, 0.15) is 0 Å². The maximum Gasteiger partial charge on any atom is 0.223 e. The Morgan fingerprint density at radius 2 is 1.58 bits per heavy atom. The Hall–Kier alpha value is -2.14. The fraction of sp³-hybridized carbons (Fsp3) is 0.316. The van der Waals surface area contributed by atoms with Crippen LogP contribution in [0.3, 0.4) is 0 Å². The Labute approximate surface area is 144 Å². The maximum atomic E-state index is 12.2. The summed E-state index contributed by atoms with van der Waals surface area (Å²) in [6.45, 7) is 2.44. The smallest absolute Gasteiger partial charge is 0.223 e. The minimum atomic E-state index is -3.30. The number of amides is 1. The zero-order chi connectivity index (χ0) is 17.6. The molecule has 0 aliphatic heterocycles. The third-order valence-electron chi connectivity index (χ3n) is 3.82. The minimum Gasteiger partial charge on any atom is -0.341 e. The van der Waals surface area contributed by atoms with Crippen molar-refractivity contribution in [3.05, 3.63) is 71.3 Å². The molecule has 2 aromatic carbocycles. The van der Waals surface area contributed by atoms with Crippen LogP contribution < -0.4 is 0 Å². The molecule has 2 rings (SSSR count). The summed E-state index contributed by atoms with van der Waals surface area (Å²) < 4.78 is 24.4. The summed E-state index contributed by atoms with van der Waals surface area (Å²) in [6, 6.07) is 17.1. The molecule has 0 radical (unpaired) electrons. The molecule has 0 aliphatic rings. The van der Waals surface area contributed by atoms with Crippen LogP contribution in [-0.4, -0.2) is 32.0 Å². The quantitative estimate of drug-likeness (QED) is 0.775. The fourth-order valence-electron chi connectivity index (χ4n) is 2.39. The Morgan fingerprint density at radius 3 is 2.21 bits per heavy atom. The van der Waals surface area contributed by atoms with Crippen molar-refractivity contribution < 1.29 is 13.2 Å². The highest BCUT2D eigenvalue weighted by atomic mass is 32.2. The average Bonchev–Trinajstić information content (AvgIpc) is 2.55. The lowest BCUT2D eigenvalue weighted by atomic mass is 10.2. The molecule has 0 unspecified atom stereocenters. The molecule has 0 atom stereocenters. The molecule has 0 bridgehead atoms. The van der Waals surface area contributed by atoms with E-state index in [0.29, 0.717) is 6.54 Å². The summed E-state index contributed by atoms with van der Waals surface area (Å²) >= 11 is 0. The maximum absolute atomic E-state index is 12.2. The Bertz CT molecular complexity index is 768. The lowest BCUT2D eigenvalue weighted by Gasteiger charge is -2.17. The van der Waals surface area contributed by atoms with E-state index in [0.717, 1.165) is 16.7 Å². The summed E-state index contributed by atoms with van der Waals surface area (Å²) in [7, 11) is -1.60. The van der Waals surface area contributed by atoms with E-state index in [2.05, 4.69) is 0 Å². The molecule has 128 valence electrons. The van der Waals surface area contributed by atoms with E-state index in [4.69, 9.17) is 0 Å². The van der Waals surface area contributed by atoms with E-state index in [1.807, 2.05) is 61.5 Å². The molecule has 1 amide bonds. The number of hydrogen-bond acceptors (Lipinski definition) is 3. The zero-order valence-corrected chi connectivity index (χ0v) is 14.9. The van der Waals surface area contributed by atoms with Gasteiger partial charge in [0.2, 0.25) is 5.91 Å². The van der Waals surface area contributed by atoms with Crippen LogP contribution in [0, 0.1) is 6.92 Å². The Morgan fingerprint density at radius 1 is 0.958 bits per heavy atom. The van der Waals surface area contributed by atoms with Gasteiger partial charge in [0.25, 0.3) is 0 Å². The molecule has 0 aliphatic carbocycles. The Balaban J connectivity index is 1.86. The van der Waals surface area contributed by atoms with Gasteiger partial charge in [0.05, 0.1) is 11.5 Å². The average molecular weight is 345 g/mol. The van der Waals surface area contributed by atoms with Crippen molar-refractivity contribution in [2.45, 2.75) is 25.6 Å². The Kier molecular flexibility index (Phi) is 6.15. The van der Waals surface area contributed by atoms with Crippen molar-refractivity contribution >= 4 is 15.7 Å². The van der Waals surface area contributed by atoms with Crippen LogP contribution in [0.4, 0.5) is 0 Å². The lowest BCUT2D eigenvalue weighted by molar-refractivity contribution is -0.130. The van der Waals surface area contributed by atoms with Crippen LogP contribution in [0.1, 0.15) is 23.1 Å². The van der Waals surface area contributed by atoms with Gasteiger partial charge in [-0.2, -0.15) is 0 Å². The van der Waals surface area contributed by atoms with Crippen molar-refractivity contribution in [1.29, 1.82) is 0 Å². The van der Waals surface area contributed by atoms with E-state index < -0.39 is 9.84 Å². The van der Waals surface area contributed by atoms with Gasteiger partial charge in [-0.25, -0.2) is 8.42 Å². The highest BCUT2D eigenvalue weighted by Gasteiger charge is 2.17. The largest absolute Gasteiger partial charge is 0.341 e. The highest BCUT2D eigenvalue weighted by molar-refractivity contribution is 7.90. The first kappa shape index (κ1) is 18.2. The molecule has 4 nitrogen and oxygen atoms in total. The minimum absolute atomic E-state index is 0.0114. The van der Waals surface area contributed by atoms with Gasteiger partial charge in [0, 0.05) is 20.0 Å². The standard InChI is InChI=1S/C19H23NO3S/c1-16-8-10-18(11-9-16)15-24(22,23)13-12-19(21)20(2)14-17-6-4-3-5-7-17/h3-11H,12-15H2,1-2H3. The topological polar surface area (TPSA) is 54.5 Å². The van der Waals surface area contributed by atoms with E-state index in [1.165, 1.54) is 0 Å². The molecular weight excluding hydrogens is 322 g/mol. The van der Waals surface area contributed by atoms with Crippen LogP contribution in [0.15, 0.2) is 54.6 Å². The summed E-state index contributed by atoms with van der Waals surface area (Å²) in [5, 5.41) is 0. The molecule has 0 aromatic heterocycles. The van der Waals surface area contributed by atoms with Crippen molar-refractivity contribution in [1.82, 2.24) is 4.90 Å². The number of carbonyl (C=O) groups is 1. The normalized spacial score (nSPS) is 11.2. The van der Waals surface area contributed by atoms with Gasteiger partial charge >= 0.3 is 0 Å². The number of hydrogen-bond donors (Lipinski definition) is 0. The van der Waals surface area contributed by atoms with Gasteiger partial charge < -0.3 is 4.90 Å². The zero-order valence-electron chi connectivity index (χ0n) is 14.1. The van der Waals surface area contributed by atoms with Gasteiger partial charge in [0.15, 0.2) is 9.84 Å². The van der Waals surface area contributed by atoms with Gasteiger partial charge in [-0.3, -0.25) is 4.79 Å². The summed E-state index contributed by atoms with van der Waals surface area (Å²) in [4.78, 5) is 13.7. The van der Waals surface area contributed by atoms with E-state index >= 15 is 0 Å². The van der Waals surface area contributed by atoms with Crippen LogP contribution in [0.2, 0.25) is 0 Å². The number of benzene rings is 2. The summed E-state index contributed by atoms with van der Waals surface area (Å²) in [5.41, 5.74) is 2.87. The first-order chi connectivity index (χ1) is 11.4. The SMILES string of the molecule is Cc1ccc(CS(=O)(=O)CCC(=O)N(C)Cc2ccccc2)cc1. The van der Waals surface area contributed by atoms with E-state index in [1.54, 1.807) is 11.9 Å². The molecule has 0 fully saturated rings. The van der Waals surface area contributed by atoms with Gasteiger partial charge in [-0.15, -0.1) is 0 Å². The molecular formula is C19H23NO3S. The summed E-state index contributed by atoms with van der Waals surface area (Å²) in [6.07, 6.45) is 0.0114. The first-order valence-corrected chi connectivity index (χ1v) is 9.72. The molecule has 5 heteroatoms. The third-order valence-corrected chi connectivity index (χ3v) is 5.42.